The van der Waals surface area contributed by atoms with Crippen LogP contribution in [-0.4, -0.2) is 57.4 Å². The van der Waals surface area contributed by atoms with Crippen molar-refractivity contribution in [3.05, 3.63) is 34.6 Å². The van der Waals surface area contributed by atoms with Gasteiger partial charge in [0.05, 0.1) is 10.6 Å². The lowest BCUT2D eigenvalue weighted by Gasteiger charge is -2.25. The number of carbonyl (C=O) groups excluding carboxylic acids is 1. The molecular weight excluding hydrogens is 442 g/mol. The molecule has 1 aliphatic heterocycles. The number of nitrogens with zero attached hydrogens (tertiary/aromatic N) is 3. The lowest BCUT2D eigenvalue weighted by atomic mass is 10.2. The number of aromatic amines is 2. The van der Waals surface area contributed by atoms with Gasteiger partial charge in [0.1, 0.15) is 0 Å². The largest absolute Gasteiger partial charge is 0.369 e. The number of fused-ring (bicyclic) bond motifs is 1. The maximum absolute atomic E-state index is 12.7. The summed E-state index contributed by atoms with van der Waals surface area (Å²) in [5.74, 6) is -0.316. The molecule has 1 fully saturated rings. The van der Waals surface area contributed by atoms with Crippen molar-refractivity contribution in [3.63, 3.8) is 0 Å². The van der Waals surface area contributed by atoms with Gasteiger partial charge in [-0.1, -0.05) is 18.2 Å². The predicted molar refractivity (Wildman–Crippen MR) is 117 cm³/mol. The van der Waals surface area contributed by atoms with E-state index < -0.39 is 15.6 Å². The summed E-state index contributed by atoms with van der Waals surface area (Å²) in [5.41, 5.74) is 5.89. The molecule has 0 aliphatic carbocycles. The highest BCUT2D eigenvalue weighted by atomic mass is 32.2. The molecule has 1 aliphatic rings. The Morgan fingerprint density at radius 3 is 2.55 bits per heavy atom. The van der Waals surface area contributed by atoms with Gasteiger partial charge in [-0.15, -0.1) is 0 Å². The van der Waals surface area contributed by atoms with Gasteiger partial charge in [0.15, 0.2) is 16.3 Å². The van der Waals surface area contributed by atoms with Gasteiger partial charge in [0.2, 0.25) is 21.9 Å². The number of hydrogen-bond acceptors (Lipinski definition) is 8. The van der Waals surface area contributed by atoms with E-state index in [1.165, 1.54) is 16.4 Å². The molecule has 0 bridgehead atoms. The second-order valence-electron chi connectivity index (χ2n) is 7.02. The summed E-state index contributed by atoms with van der Waals surface area (Å²) in [6.07, 6.45) is 2.78. The van der Waals surface area contributed by atoms with Gasteiger partial charge in [-0.25, -0.2) is 13.4 Å². The molecule has 3 aromatic rings. The lowest BCUT2D eigenvalue weighted by Crippen LogP contribution is -2.35. The molecule has 164 valence electrons. The second-order valence-corrected chi connectivity index (χ2v) is 9.92. The number of piperidine rings is 1. The van der Waals surface area contributed by atoms with E-state index in [9.17, 15) is 18.0 Å². The minimum atomic E-state index is -3.51. The van der Waals surface area contributed by atoms with E-state index >= 15 is 0 Å². The molecular formula is C18H21N7O4S2. The Morgan fingerprint density at radius 1 is 1.13 bits per heavy atom. The van der Waals surface area contributed by atoms with Gasteiger partial charge in [-0.3, -0.25) is 14.6 Å². The Kier molecular flexibility index (Phi) is 5.98. The van der Waals surface area contributed by atoms with Gasteiger partial charge in [0, 0.05) is 18.8 Å². The average molecular weight is 464 g/mol. The number of aromatic nitrogens is 4. The zero-order chi connectivity index (χ0) is 22.0. The molecule has 0 radical (unpaired) electrons. The number of H-pyrrole nitrogens is 2. The third-order valence-electron chi connectivity index (χ3n) is 4.79. The number of hydrogen-bond donors (Lipinski definition) is 4. The smallest absolute Gasteiger partial charge is 0.278 e. The molecule has 31 heavy (non-hydrogen) atoms. The topological polar surface area (TPSA) is 167 Å². The summed E-state index contributed by atoms with van der Waals surface area (Å²) >= 11 is 1.10. The highest BCUT2D eigenvalue weighted by molar-refractivity contribution is 7.99. The van der Waals surface area contributed by atoms with Crippen molar-refractivity contribution in [1.82, 2.24) is 24.2 Å². The van der Waals surface area contributed by atoms with E-state index in [-0.39, 0.29) is 33.7 Å². The van der Waals surface area contributed by atoms with E-state index in [4.69, 9.17) is 5.73 Å². The lowest BCUT2D eigenvalue weighted by molar-refractivity contribution is -0.113. The van der Waals surface area contributed by atoms with Crippen molar-refractivity contribution in [3.8, 4) is 0 Å². The molecule has 3 heterocycles. The summed E-state index contributed by atoms with van der Waals surface area (Å²) in [4.78, 5) is 37.5. The predicted octanol–water partition coefficient (Wildman–Crippen LogP) is 1.13. The van der Waals surface area contributed by atoms with Gasteiger partial charge in [-0.2, -0.15) is 9.29 Å². The van der Waals surface area contributed by atoms with Crippen LogP contribution >= 0.6 is 11.8 Å². The van der Waals surface area contributed by atoms with Crippen LogP contribution in [0.3, 0.4) is 0 Å². The van der Waals surface area contributed by atoms with Crippen LogP contribution in [0.25, 0.3) is 11.2 Å². The summed E-state index contributed by atoms with van der Waals surface area (Å²) < 4.78 is 26.9. The van der Waals surface area contributed by atoms with E-state index in [1.807, 2.05) is 0 Å². The number of rotatable bonds is 6. The van der Waals surface area contributed by atoms with E-state index in [2.05, 4.69) is 25.3 Å². The van der Waals surface area contributed by atoms with Crippen LogP contribution in [0.1, 0.15) is 19.3 Å². The van der Waals surface area contributed by atoms with Crippen LogP contribution in [0, 0.1) is 0 Å². The first-order valence-corrected chi connectivity index (χ1v) is 12.0. The van der Waals surface area contributed by atoms with E-state index in [1.54, 1.807) is 12.1 Å². The van der Waals surface area contributed by atoms with Gasteiger partial charge in [-0.05, 0) is 37.1 Å². The standard InChI is InChI=1S/C18H21N7O4S2/c19-17-22-15-14(16(27)24-17)21-18(23-15)30-10-13(26)20-11-4-6-12(7-5-11)31(28,29)25-8-2-1-3-9-25/h4-7H,1-3,8-10H2,(H,20,26)(H4,19,21,22,23,24,27). The molecule has 1 amide bonds. The Balaban J connectivity index is 1.37. The number of thioether (sulfide) groups is 1. The number of nitrogens with one attached hydrogen (secondary N) is 3. The molecule has 0 unspecified atom stereocenters. The number of carbonyl (C=O) groups is 1. The van der Waals surface area contributed by atoms with Crippen LogP contribution in [0.5, 0.6) is 0 Å². The first kappa shape index (κ1) is 21.3. The average Bonchev–Trinajstić information content (AvgIpc) is 3.17. The van der Waals surface area contributed by atoms with Crippen molar-refractivity contribution in [2.45, 2.75) is 29.3 Å². The summed E-state index contributed by atoms with van der Waals surface area (Å²) in [5, 5.41) is 3.07. The molecule has 4 rings (SSSR count). The molecule has 1 saturated heterocycles. The first-order valence-electron chi connectivity index (χ1n) is 9.61. The quantitative estimate of drug-likeness (QED) is 0.395. The van der Waals surface area contributed by atoms with Crippen LogP contribution < -0.4 is 16.6 Å². The fourth-order valence-electron chi connectivity index (χ4n) is 3.27. The maximum atomic E-state index is 12.7. The number of amides is 1. The van der Waals surface area contributed by atoms with Crippen molar-refractivity contribution in [2.24, 2.45) is 0 Å². The zero-order valence-corrected chi connectivity index (χ0v) is 18.1. The molecule has 5 N–H and O–H groups in total. The molecule has 0 spiro atoms. The first-order chi connectivity index (χ1) is 14.8. The van der Waals surface area contributed by atoms with Crippen molar-refractivity contribution < 1.29 is 13.2 Å². The van der Waals surface area contributed by atoms with Gasteiger partial charge < -0.3 is 16.0 Å². The fourth-order valence-corrected chi connectivity index (χ4v) is 5.45. The summed E-state index contributed by atoms with van der Waals surface area (Å²) in [6.45, 7) is 1.07. The third kappa shape index (κ3) is 4.73. The minimum Gasteiger partial charge on any atom is -0.369 e. The normalized spacial score (nSPS) is 15.2. The molecule has 13 heteroatoms. The summed E-state index contributed by atoms with van der Waals surface area (Å²) in [7, 11) is -3.51. The highest BCUT2D eigenvalue weighted by Gasteiger charge is 2.25. The number of nitrogen functional groups attached to an aromatic ring is 1. The molecule has 0 saturated carbocycles. The van der Waals surface area contributed by atoms with Crippen LogP contribution in [0.15, 0.2) is 39.1 Å². The monoisotopic (exact) mass is 463 g/mol. The second kappa shape index (κ2) is 8.69. The van der Waals surface area contributed by atoms with Gasteiger partial charge >= 0.3 is 0 Å². The number of nitrogens with two attached hydrogens (primary N) is 1. The number of benzene rings is 1. The van der Waals surface area contributed by atoms with Gasteiger partial charge in [0.25, 0.3) is 5.56 Å². The fraction of sp³-hybridized carbons (Fsp3) is 0.333. The van der Waals surface area contributed by atoms with Crippen molar-refractivity contribution >= 4 is 50.5 Å². The SMILES string of the molecule is Nc1nc2nc(SCC(=O)Nc3ccc(S(=O)(=O)N4CCCCC4)cc3)[nH]c2c(=O)[nH]1. The Hall–Kier alpha value is -2.90. The van der Waals surface area contributed by atoms with Crippen LogP contribution in [0.2, 0.25) is 0 Å². The highest BCUT2D eigenvalue weighted by Crippen LogP contribution is 2.22. The molecule has 11 nitrogen and oxygen atoms in total. The maximum Gasteiger partial charge on any atom is 0.278 e. The minimum absolute atomic E-state index is 0.0288. The number of imidazole rings is 1. The van der Waals surface area contributed by atoms with Crippen molar-refractivity contribution in [2.75, 3.05) is 29.9 Å². The Labute approximate surface area is 181 Å². The van der Waals surface area contributed by atoms with E-state index in [0.717, 1.165) is 31.0 Å². The van der Waals surface area contributed by atoms with Crippen LogP contribution in [-0.2, 0) is 14.8 Å². The van der Waals surface area contributed by atoms with Crippen molar-refractivity contribution in [1.29, 1.82) is 0 Å². The van der Waals surface area contributed by atoms with Crippen LogP contribution in [0.4, 0.5) is 11.6 Å². The Bertz CT molecular complexity index is 1260. The number of sulfonamides is 1. The summed E-state index contributed by atoms with van der Waals surface area (Å²) in [6, 6.07) is 6.11. The molecule has 1 aromatic carbocycles. The third-order valence-corrected chi connectivity index (χ3v) is 7.58. The van der Waals surface area contributed by atoms with E-state index in [0.29, 0.717) is 23.9 Å². The number of anilines is 2. The molecule has 0 atom stereocenters. The molecule has 2 aromatic heterocycles. The zero-order valence-electron chi connectivity index (χ0n) is 16.4. The Morgan fingerprint density at radius 2 is 1.84 bits per heavy atom.